The molecule has 1 heterocycles. The van der Waals surface area contributed by atoms with Gasteiger partial charge in [-0.1, -0.05) is 13.0 Å². The maximum Gasteiger partial charge on any atom is 0.341 e. The van der Waals surface area contributed by atoms with Gasteiger partial charge in [-0.05, 0) is 55.9 Å². The molecule has 1 unspecified atom stereocenters. The van der Waals surface area contributed by atoms with E-state index >= 15 is 0 Å². The highest BCUT2D eigenvalue weighted by molar-refractivity contribution is 7.17. The molecule has 2 amide bonds. The zero-order chi connectivity index (χ0) is 23.3. The minimum Gasteiger partial charge on any atom is -0.462 e. The molecule has 1 aromatic heterocycles. The summed E-state index contributed by atoms with van der Waals surface area (Å²) >= 11 is 1.37. The van der Waals surface area contributed by atoms with E-state index in [0.29, 0.717) is 22.2 Å². The maximum absolute atomic E-state index is 12.5. The van der Waals surface area contributed by atoms with Crippen LogP contribution in [0.1, 0.15) is 58.3 Å². The number of rotatable bonds is 7. The van der Waals surface area contributed by atoms with Crippen molar-refractivity contribution in [2.24, 2.45) is 5.92 Å². The van der Waals surface area contributed by atoms with Gasteiger partial charge in [0.1, 0.15) is 5.00 Å². The maximum atomic E-state index is 12.5. The molecular formula is C23H26N2O6S. The third-order valence-electron chi connectivity index (χ3n) is 5.00. The van der Waals surface area contributed by atoms with Crippen LogP contribution in [0.25, 0.3) is 0 Å². The molecule has 0 spiro atoms. The number of carbonyl (C=O) groups excluding carboxylic acids is 4. The van der Waals surface area contributed by atoms with Crippen molar-refractivity contribution in [3.8, 4) is 0 Å². The van der Waals surface area contributed by atoms with E-state index in [1.54, 1.807) is 19.1 Å². The summed E-state index contributed by atoms with van der Waals surface area (Å²) in [6.45, 7) is 4.98. The first kappa shape index (κ1) is 23.5. The van der Waals surface area contributed by atoms with E-state index in [0.717, 1.165) is 29.7 Å². The zero-order valence-electron chi connectivity index (χ0n) is 18.3. The molecule has 1 aliphatic rings. The van der Waals surface area contributed by atoms with E-state index in [9.17, 15) is 19.2 Å². The normalized spacial score (nSPS) is 14.8. The summed E-state index contributed by atoms with van der Waals surface area (Å²) in [6.07, 6.45) is 2.58. The van der Waals surface area contributed by atoms with Crippen LogP contribution in [0.5, 0.6) is 0 Å². The molecule has 0 saturated heterocycles. The molecule has 170 valence electrons. The quantitative estimate of drug-likeness (QED) is 0.611. The summed E-state index contributed by atoms with van der Waals surface area (Å²) in [4.78, 5) is 49.6. The second-order valence-corrected chi connectivity index (χ2v) is 8.77. The highest BCUT2D eigenvalue weighted by atomic mass is 32.1. The fraction of sp³-hybridized carbons (Fsp3) is 0.391. The van der Waals surface area contributed by atoms with Gasteiger partial charge in [-0.15, -0.1) is 11.3 Å². The summed E-state index contributed by atoms with van der Waals surface area (Å²) in [5.74, 6) is -1.46. The van der Waals surface area contributed by atoms with Crippen LogP contribution < -0.4 is 10.6 Å². The van der Waals surface area contributed by atoms with Gasteiger partial charge in [0, 0.05) is 17.5 Å². The standard InChI is InChI=1S/C23H26N2O6S/c1-4-30-23(29)20-17-9-8-13(2)10-18(17)32-21(20)25-19(27)12-31-22(28)15-6-5-7-16(11-15)24-14(3)26/h5-7,11,13H,4,8-10,12H2,1-3H3,(H,24,26)(H,25,27). The topological polar surface area (TPSA) is 111 Å². The van der Waals surface area contributed by atoms with E-state index in [4.69, 9.17) is 9.47 Å². The molecule has 0 bridgehead atoms. The largest absolute Gasteiger partial charge is 0.462 e. The smallest absolute Gasteiger partial charge is 0.341 e. The van der Waals surface area contributed by atoms with E-state index in [2.05, 4.69) is 17.6 Å². The highest BCUT2D eigenvalue weighted by Gasteiger charge is 2.29. The van der Waals surface area contributed by atoms with E-state index in [1.807, 2.05) is 0 Å². The number of amides is 2. The van der Waals surface area contributed by atoms with E-state index < -0.39 is 24.5 Å². The van der Waals surface area contributed by atoms with Crippen molar-refractivity contribution in [2.45, 2.75) is 40.0 Å². The van der Waals surface area contributed by atoms with Crippen LogP contribution in [0.3, 0.4) is 0 Å². The molecule has 0 aliphatic heterocycles. The lowest BCUT2D eigenvalue weighted by molar-refractivity contribution is -0.119. The molecule has 9 heteroatoms. The Bertz CT molecular complexity index is 1050. The van der Waals surface area contributed by atoms with Crippen LogP contribution in [0, 0.1) is 5.92 Å². The van der Waals surface area contributed by atoms with Gasteiger partial charge in [-0.25, -0.2) is 9.59 Å². The summed E-state index contributed by atoms with van der Waals surface area (Å²) in [5.41, 5.74) is 2.00. The molecule has 32 heavy (non-hydrogen) atoms. The van der Waals surface area contributed by atoms with Crippen molar-refractivity contribution in [1.82, 2.24) is 0 Å². The van der Waals surface area contributed by atoms with Gasteiger partial charge in [0.15, 0.2) is 6.61 Å². The zero-order valence-corrected chi connectivity index (χ0v) is 19.1. The molecule has 0 saturated carbocycles. The number of anilines is 2. The average Bonchev–Trinajstić information content (AvgIpc) is 3.08. The Hall–Kier alpha value is -3.20. The van der Waals surface area contributed by atoms with Crippen LogP contribution >= 0.6 is 11.3 Å². The van der Waals surface area contributed by atoms with E-state index in [1.165, 1.54) is 30.4 Å². The van der Waals surface area contributed by atoms with Gasteiger partial charge in [0.2, 0.25) is 5.91 Å². The summed E-state index contributed by atoms with van der Waals surface area (Å²) in [7, 11) is 0. The first-order valence-electron chi connectivity index (χ1n) is 10.4. The van der Waals surface area contributed by atoms with Gasteiger partial charge in [-0.3, -0.25) is 9.59 Å². The molecule has 1 atom stereocenters. The molecule has 0 radical (unpaired) electrons. The Morgan fingerprint density at radius 1 is 1.12 bits per heavy atom. The molecule has 8 nitrogen and oxygen atoms in total. The second kappa shape index (κ2) is 10.4. The monoisotopic (exact) mass is 458 g/mol. The fourth-order valence-electron chi connectivity index (χ4n) is 3.56. The Kier molecular flexibility index (Phi) is 7.63. The molecule has 1 aromatic carbocycles. The highest BCUT2D eigenvalue weighted by Crippen LogP contribution is 2.40. The second-order valence-electron chi connectivity index (χ2n) is 7.66. The van der Waals surface area contributed by atoms with Crippen molar-refractivity contribution >= 4 is 45.8 Å². The van der Waals surface area contributed by atoms with E-state index in [-0.39, 0.29) is 18.1 Å². The number of esters is 2. The Morgan fingerprint density at radius 3 is 2.62 bits per heavy atom. The van der Waals surface area contributed by atoms with Gasteiger partial charge in [0.25, 0.3) is 5.91 Å². The predicted molar refractivity (Wildman–Crippen MR) is 121 cm³/mol. The number of ether oxygens (including phenoxy) is 2. The lowest BCUT2D eigenvalue weighted by Gasteiger charge is -2.18. The number of hydrogen-bond acceptors (Lipinski definition) is 7. The Balaban J connectivity index is 1.68. The van der Waals surface area contributed by atoms with Crippen LogP contribution in [0.4, 0.5) is 10.7 Å². The number of carbonyl (C=O) groups is 4. The van der Waals surface area contributed by atoms with Crippen molar-refractivity contribution < 1.29 is 28.7 Å². The Labute approximate surface area is 190 Å². The Morgan fingerprint density at radius 2 is 1.91 bits per heavy atom. The minimum atomic E-state index is -0.697. The molecule has 0 fully saturated rings. The van der Waals surface area contributed by atoms with Crippen molar-refractivity contribution in [3.63, 3.8) is 0 Å². The predicted octanol–water partition coefficient (Wildman–Crippen LogP) is 3.80. The lowest BCUT2D eigenvalue weighted by atomic mass is 9.88. The van der Waals surface area contributed by atoms with Gasteiger partial charge < -0.3 is 20.1 Å². The number of fused-ring (bicyclic) bond motifs is 1. The number of benzene rings is 1. The molecule has 3 rings (SSSR count). The summed E-state index contributed by atoms with van der Waals surface area (Å²) < 4.78 is 10.3. The molecular weight excluding hydrogens is 432 g/mol. The van der Waals surface area contributed by atoms with Crippen molar-refractivity contribution in [2.75, 3.05) is 23.8 Å². The first-order valence-corrected chi connectivity index (χ1v) is 11.3. The van der Waals surface area contributed by atoms with Gasteiger partial charge >= 0.3 is 11.9 Å². The lowest BCUT2D eigenvalue weighted by Crippen LogP contribution is -2.22. The number of thiophene rings is 1. The third kappa shape index (κ3) is 5.73. The van der Waals surface area contributed by atoms with Crippen LogP contribution in [-0.2, 0) is 31.9 Å². The minimum absolute atomic E-state index is 0.205. The van der Waals surface area contributed by atoms with Crippen molar-refractivity contribution in [3.05, 3.63) is 45.8 Å². The third-order valence-corrected chi connectivity index (χ3v) is 6.17. The SMILES string of the molecule is CCOC(=O)c1c(NC(=O)COC(=O)c2cccc(NC(C)=O)c2)sc2c1CCC(C)C2. The number of hydrogen-bond donors (Lipinski definition) is 2. The molecule has 1 aliphatic carbocycles. The van der Waals surface area contributed by atoms with Crippen LogP contribution in [0.2, 0.25) is 0 Å². The summed E-state index contributed by atoms with van der Waals surface area (Å²) in [5, 5.41) is 5.72. The molecule has 2 aromatic rings. The molecule has 2 N–H and O–H groups in total. The average molecular weight is 459 g/mol. The van der Waals surface area contributed by atoms with Crippen molar-refractivity contribution in [1.29, 1.82) is 0 Å². The van der Waals surface area contributed by atoms with Gasteiger partial charge in [-0.2, -0.15) is 0 Å². The fourth-order valence-corrected chi connectivity index (χ4v) is 4.98. The summed E-state index contributed by atoms with van der Waals surface area (Å²) in [6, 6.07) is 6.24. The number of nitrogens with one attached hydrogen (secondary N) is 2. The van der Waals surface area contributed by atoms with Gasteiger partial charge in [0.05, 0.1) is 17.7 Å². The van der Waals surface area contributed by atoms with Crippen LogP contribution in [-0.4, -0.2) is 37.0 Å². The first-order chi connectivity index (χ1) is 15.3. The van der Waals surface area contributed by atoms with Crippen LogP contribution in [0.15, 0.2) is 24.3 Å².